The number of aromatic nitrogens is 2. The van der Waals surface area contributed by atoms with E-state index in [4.69, 9.17) is 18.9 Å². The molecule has 9 nitrogen and oxygen atoms in total. The van der Waals surface area contributed by atoms with Crippen molar-refractivity contribution in [3.63, 3.8) is 0 Å². The zero-order valence-electron chi connectivity index (χ0n) is 15.6. The van der Waals surface area contributed by atoms with Gasteiger partial charge in [0.15, 0.2) is 18.1 Å². The van der Waals surface area contributed by atoms with Gasteiger partial charge >= 0.3 is 0 Å². The summed E-state index contributed by atoms with van der Waals surface area (Å²) in [5.41, 5.74) is 0.932. The first-order valence-corrected chi connectivity index (χ1v) is 9.90. The van der Waals surface area contributed by atoms with Crippen molar-refractivity contribution in [1.82, 2.24) is 14.1 Å². The smallest absolute Gasteiger partial charge is 0.271 e. The van der Waals surface area contributed by atoms with Gasteiger partial charge in [-0.15, -0.1) is 4.37 Å². The molecule has 1 atom stereocenters. The summed E-state index contributed by atoms with van der Waals surface area (Å²) in [4.78, 5) is 14.4. The van der Waals surface area contributed by atoms with Gasteiger partial charge in [0.05, 0.1) is 31.0 Å². The Bertz CT molecular complexity index is 824. The standard InChI is InChI=1S/C18H22N4O5S/c1-12(13-2-3-14-15(10-13)26-9-8-25-14)19-16(23)11-27-18-17(20-28-21-18)22-4-6-24-7-5-22/h2-3,10,12H,4-9,11H2,1H3,(H,19,23)/t12-/m1/s1. The van der Waals surface area contributed by atoms with E-state index in [1.165, 1.54) is 0 Å². The lowest BCUT2D eigenvalue weighted by atomic mass is 10.1. The van der Waals surface area contributed by atoms with Crippen molar-refractivity contribution in [2.24, 2.45) is 0 Å². The summed E-state index contributed by atoms with van der Waals surface area (Å²) >= 11 is 1.07. The molecule has 4 rings (SSSR count). The number of benzene rings is 1. The molecule has 3 heterocycles. The summed E-state index contributed by atoms with van der Waals surface area (Å²) in [6.45, 7) is 5.61. The Balaban J connectivity index is 1.32. The highest BCUT2D eigenvalue weighted by molar-refractivity contribution is 6.99. The van der Waals surface area contributed by atoms with Crippen molar-refractivity contribution in [3.05, 3.63) is 23.8 Å². The number of nitrogens with zero attached hydrogens (tertiary/aromatic N) is 3. The molecule has 1 saturated heterocycles. The summed E-state index contributed by atoms with van der Waals surface area (Å²) in [5, 5.41) is 2.93. The summed E-state index contributed by atoms with van der Waals surface area (Å²) in [7, 11) is 0. The summed E-state index contributed by atoms with van der Waals surface area (Å²) in [6.07, 6.45) is 0. The van der Waals surface area contributed by atoms with Crippen molar-refractivity contribution in [2.45, 2.75) is 13.0 Å². The lowest BCUT2D eigenvalue weighted by molar-refractivity contribution is -0.123. The molecule has 1 aromatic carbocycles. The minimum atomic E-state index is -0.233. The highest BCUT2D eigenvalue weighted by Gasteiger charge is 2.21. The van der Waals surface area contributed by atoms with E-state index in [-0.39, 0.29) is 18.6 Å². The molecule has 2 aromatic rings. The van der Waals surface area contributed by atoms with Crippen molar-refractivity contribution >= 4 is 23.5 Å². The lowest BCUT2D eigenvalue weighted by Gasteiger charge is -2.26. The molecule has 28 heavy (non-hydrogen) atoms. The Labute approximate surface area is 166 Å². The van der Waals surface area contributed by atoms with Crippen LogP contribution in [0.3, 0.4) is 0 Å². The number of hydrogen-bond acceptors (Lipinski definition) is 9. The van der Waals surface area contributed by atoms with E-state index in [0.717, 1.165) is 36.1 Å². The minimum Gasteiger partial charge on any atom is -0.486 e. The molecule has 150 valence electrons. The van der Waals surface area contributed by atoms with E-state index < -0.39 is 0 Å². The Morgan fingerprint density at radius 1 is 1.21 bits per heavy atom. The topological polar surface area (TPSA) is 95.0 Å². The van der Waals surface area contributed by atoms with Gasteiger partial charge in [-0.25, -0.2) is 0 Å². The number of rotatable bonds is 6. The number of morpholine rings is 1. The Kier molecular flexibility index (Phi) is 5.77. The van der Waals surface area contributed by atoms with Crippen molar-refractivity contribution < 1.29 is 23.7 Å². The van der Waals surface area contributed by atoms with Gasteiger partial charge < -0.3 is 29.2 Å². The number of carbonyl (C=O) groups excluding carboxylic acids is 1. The van der Waals surface area contributed by atoms with Crippen LogP contribution in [-0.4, -0.2) is 60.8 Å². The van der Waals surface area contributed by atoms with Gasteiger partial charge in [0.1, 0.15) is 13.2 Å². The van der Waals surface area contributed by atoms with E-state index in [1.807, 2.05) is 25.1 Å². The Hall–Kier alpha value is -2.59. The predicted molar refractivity (Wildman–Crippen MR) is 102 cm³/mol. The van der Waals surface area contributed by atoms with Crippen LogP contribution in [0.1, 0.15) is 18.5 Å². The monoisotopic (exact) mass is 406 g/mol. The lowest BCUT2D eigenvalue weighted by Crippen LogP contribution is -2.37. The fourth-order valence-corrected chi connectivity index (χ4v) is 3.58. The Morgan fingerprint density at radius 2 is 2.00 bits per heavy atom. The summed E-state index contributed by atoms with van der Waals surface area (Å²) in [6, 6.07) is 5.47. The second-order valence-corrected chi connectivity index (χ2v) is 7.00. The number of fused-ring (bicyclic) bond motifs is 1. The van der Waals surface area contributed by atoms with Crippen LogP contribution in [0.25, 0.3) is 0 Å². The van der Waals surface area contributed by atoms with E-state index >= 15 is 0 Å². The molecule has 1 fully saturated rings. The van der Waals surface area contributed by atoms with Gasteiger partial charge in [-0.05, 0) is 24.6 Å². The van der Waals surface area contributed by atoms with Crippen LogP contribution >= 0.6 is 11.7 Å². The number of ether oxygens (including phenoxy) is 4. The average Bonchev–Trinajstić information content (AvgIpc) is 3.21. The molecule has 1 N–H and O–H groups in total. The maximum atomic E-state index is 12.3. The average molecular weight is 406 g/mol. The highest BCUT2D eigenvalue weighted by atomic mass is 32.1. The summed E-state index contributed by atoms with van der Waals surface area (Å²) < 4.78 is 30.5. The number of hydrogen-bond donors (Lipinski definition) is 1. The van der Waals surface area contributed by atoms with Gasteiger partial charge in [-0.3, -0.25) is 4.79 Å². The van der Waals surface area contributed by atoms with E-state index in [2.05, 4.69) is 19.0 Å². The number of anilines is 1. The molecule has 0 bridgehead atoms. The van der Waals surface area contributed by atoms with Crippen LogP contribution in [0.5, 0.6) is 17.4 Å². The summed E-state index contributed by atoms with van der Waals surface area (Å²) in [5.74, 6) is 2.24. The maximum absolute atomic E-state index is 12.3. The van der Waals surface area contributed by atoms with Crippen LogP contribution < -0.4 is 24.4 Å². The number of amides is 1. The van der Waals surface area contributed by atoms with E-state index in [1.54, 1.807) is 0 Å². The van der Waals surface area contributed by atoms with Crippen LogP contribution in [-0.2, 0) is 9.53 Å². The van der Waals surface area contributed by atoms with Crippen LogP contribution in [0, 0.1) is 0 Å². The molecule has 2 aliphatic heterocycles. The molecule has 0 aliphatic carbocycles. The third kappa shape index (κ3) is 4.28. The third-order valence-corrected chi connectivity index (χ3v) is 5.04. The fourth-order valence-electron chi connectivity index (χ4n) is 3.06. The third-order valence-electron chi connectivity index (χ3n) is 4.54. The van der Waals surface area contributed by atoms with E-state index in [9.17, 15) is 4.79 Å². The number of carbonyl (C=O) groups is 1. The van der Waals surface area contributed by atoms with Crippen LogP contribution in [0.15, 0.2) is 18.2 Å². The van der Waals surface area contributed by atoms with Gasteiger partial charge in [0.25, 0.3) is 11.8 Å². The molecule has 0 spiro atoms. The minimum absolute atomic E-state index is 0.127. The van der Waals surface area contributed by atoms with Gasteiger partial charge in [0, 0.05) is 13.1 Å². The van der Waals surface area contributed by atoms with Gasteiger partial charge in [0.2, 0.25) is 5.82 Å². The molecule has 0 radical (unpaired) electrons. The first kappa shape index (κ1) is 18.8. The molecule has 1 amide bonds. The molecular weight excluding hydrogens is 384 g/mol. The van der Waals surface area contributed by atoms with E-state index in [0.29, 0.717) is 43.9 Å². The second kappa shape index (κ2) is 8.61. The first-order valence-electron chi connectivity index (χ1n) is 9.17. The number of nitrogens with one attached hydrogen (secondary N) is 1. The quantitative estimate of drug-likeness (QED) is 0.769. The molecule has 0 saturated carbocycles. The predicted octanol–water partition coefficient (Wildman–Crippen LogP) is 1.40. The Morgan fingerprint density at radius 3 is 2.82 bits per heavy atom. The molecule has 1 aromatic heterocycles. The second-order valence-electron chi connectivity index (χ2n) is 6.47. The molecule has 0 unspecified atom stereocenters. The van der Waals surface area contributed by atoms with Crippen molar-refractivity contribution in [1.29, 1.82) is 0 Å². The normalized spacial score (nSPS) is 17.1. The molecular formula is C18H22N4O5S. The largest absolute Gasteiger partial charge is 0.486 e. The SMILES string of the molecule is C[C@@H](NC(=O)COc1nsnc1N1CCOCC1)c1ccc2c(c1)OCCO2. The van der Waals surface area contributed by atoms with Crippen LogP contribution in [0.2, 0.25) is 0 Å². The van der Waals surface area contributed by atoms with Crippen LogP contribution in [0.4, 0.5) is 5.82 Å². The van der Waals surface area contributed by atoms with Crippen molar-refractivity contribution in [2.75, 3.05) is 51.0 Å². The van der Waals surface area contributed by atoms with Gasteiger partial charge in [-0.2, -0.15) is 4.37 Å². The zero-order chi connectivity index (χ0) is 19.3. The zero-order valence-corrected chi connectivity index (χ0v) is 16.4. The van der Waals surface area contributed by atoms with Crippen molar-refractivity contribution in [3.8, 4) is 17.4 Å². The molecule has 2 aliphatic rings. The first-order chi connectivity index (χ1) is 13.7. The fraction of sp³-hybridized carbons (Fsp3) is 0.500. The van der Waals surface area contributed by atoms with Gasteiger partial charge in [-0.1, -0.05) is 6.07 Å². The highest BCUT2D eigenvalue weighted by Crippen LogP contribution is 2.32. The molecule has 10 heteroatoms. The maximum Gasteiger partial charge on any atom is 0.271 e.